The molecule has 134 valence electrons. The first-order valence-corrected chi connectivity index (χ1v) is 8.69. The van der Waals surface area contributed by atoms with Gasteiger partial charge in [0.15, 0.2) is 6.29 Å². The smallest absolute Gasteiger partial charge is 0.152 e. The Bertz CT molecular complexity index is 765. The number of hydrogen-bond donors (Lipinski definition) is 2. The van der Waals surface area contributed by atoms with Crippen LogP contribution in [0.3, 0.4) is 0 Å². The van der Waals surface area contributed by atoms with Gasteiger partial charge in [-0.3, -0.25) is 4.79 Å². The van der Waals surface area contributed by atoms with E-state index in [9.17, 15) is 9.90 Å². The van der Waals surface area contributed by atoms with Crippen molar-refractivity contribution >= 4 is 12.0 Å². The monoisotopic (exact) mass is 339 g/mol. The Hall–Kier alpha value is -2.29. The van der Waals surface area contributed by atoms with E-state index in [-0.39, 0.29) is 10.8 Å². The summed E-state index contributed by atoms with van der Waals surface area (Å²) in [5.74, 6) is 0.330. The molecule has 0 aliphatic heterocycles. The average Bonchev–Trinajstić information content (AvgIpc) is 2.51. The maximum absolute atomic E-state index is 11.2. The normalized spacial score (nSPS) is 12.1. The number of phenolic OH excluding ortho intramolecular Hbond substituents is 1. The Morgan fingerprint density at radius 1 is 1.00 bits per heavy atom. The molecular formula is C22H29NO2. The molecule has 0 saturated carbocycles. The molecule has 25 heavy (non-hydrogen) atoms. The van der Waals surface area contributed by atoms with Crippen LogP contribution >= 0.6 is 0 Å². The predicted molar refractivity (Wildman–Crippen MR) is 105 cm³/mol. The van der Waals surface area contributed by atoms with Gasteiger partial charge in [-0.1, -0.05) is 59.7 Å². The molecule has 3 nitrogen and oxygen atoms in total. The van der Waals surface area contributed by atoms with Crippen LogP contribution < -0.4 is 5.32 Å². The van der Waals surface area contributed by atoms with Crippen molar-refractivity contribution in [3.8, 4) is 5.75 Å². The number of nitrogens with one attached hydrogen (secondary N) is 1. The molecule has 2 aromatic rings. The van der Waals surface area contributed by atoms with Crippen molar-refractivity contribution in [1.29, 1.82) is 0 Å². The maximum atomic E-state index is 11.2. The molecule has 0 atom stereocenters. The lowest BCUT2D eigenvalue weighted by atomic mass is 9.79. The number of carbonyl (C=O) groups is 1. The van der Waals surface area contributed by atoms with Crippen LogP contribution in [0.1, 0.15) is 68.6 Å². The molecule has 3 heteroatoms. The van der Waals surface area contributed by atoms with Crippen molar-refractivity contribution in [2.75, 3.05) is 5.32 Å². The third-order valence-corrected chi connectivity index (χ3v) is 4.42. The van der Waals surface area contributed by atoms with Gasteiger partial charge in [-0.2, -0.15) is 0 Å². The number of aldehydes is 1. The summed E-state index contributed by atoms with van der Waals surface area (Å²) >= 11 is 0. The molecule has 0 unspecified atom stereocenters. The number of aromatic hydroxyl groups is 1. The van der Waals surface area contributed by atoms with Gasteiger partial charge < -0.3 is 10.4 Å². The first kappa shape index (κ1) is 19.0. The summed E-state index contributed by atoms with van der Waals surface area (Å²) in [6.07, 6.45) is 0.842. The van der Waals surface area contributed by atoms with Gasteiger partial charge in [0.2, 0.25) is 0 Å². The Balaban J connectivity index is 2.44. The van der Waals surface area contributed by atoms with Gasteiger partial charge in [0, 0.05) is 23.4 Å². The summed E-state index contributed by atoms with van der Waals surface area (Å²) in [6.45, 7) is 13.3. The second-order valence-electron chi connectivity index (χ2n) is 8.59. The van der Waals surface area contributed by atoms with E-state index in [1.165, 1.54) is 5.56 Å². The Kier molecular flexibility index (Phi) is 5.26. The summed E-state index contributed by atoms with van der Waals surface area (Å²) in [7, 11) is 0. The molecule has 0 spiro atoms. The summed E-state index contributed by atoms with van der Waals surface area (Å²) in [4.78, 5) is 11.2. The van der Waals surface area contributed by atoms with Crippen LogP contribution in [0.15, 0.2) is 36.4 Å². The van der Waals surface area contributed by atoms with Gasteiger partial charge in [0.1, 0.15) is 5.75 Å². The fourth-order valence-electron chi connectivity index (χ4n) is 2.79. The largest absolute Gasteiger partial charge is 0.507 e. The SMILES string of the molecule is CC(C)(C)c1cc(CNc2ccccc2C=O)c(O)c(C(C)(C)C)c1. The molecule has 0 fully saturated rings. The summed E-state index contributed by atoms with van der Waals surface area (Å²) in [6, 6.07) is 11.5. The molecular weight excluding hydrogens is 310 g/mol. The van der Waals surface area contributed by atoms with Gasteiger partial charge in [-0.25, -0.2) is 0 Å². The van der Waals surface area contributed by atoms with Crippen molar-refractivity contribution in [3.63, 3.8) is 0 Å². The van der Waals surface area contributed by atoms with Crippen LogP contribution in [0.2, 0.25) is 0 Å². The predicted octanol–water partition coefficient (Wildman–Crippen LogP) is 5.41. The average molecular weight is 339 g/mol. The van der Waals surface area contributed by atoms with E-state index in [0.29, 0.717) is 17.9 Å². The zero-order chi connectivity index (χ0) is 18.8. The van der Waals surface area contributed by atoms with Crippen LogP contribution in [-0.4, -0.2) is 11.4 Å². The zero-order valence-electron chi connectivity index (χ0n) is 16.1. The van der Waals surface area contributed by atoms with Gasteiger partial charge >= 0.3 is 0 Å². The molecule has 2 aromatic carbocycles. The van der Waals surface area contributed by atoms with Crippen molar-refractivity contribution in [2.45, 2.75) is 58.9 Å². The van der Waals surface area contributed by atoms with E-state index in [4.69, 9.17) is 0 Å². The highest BCUT2D eigenvalue weighted by molar-refractivity contribution is 5.84. The van der Waals surface area contributed by atoms with Gasteiger partial charge in [-0.15, -0.1) is 0 Å². The van der Waals surface area contributed by atoms with E-state index < -0.39 is 0 Å². The van der Waals surface area contributed by atoms with Crippen LogP contribution in [0.4, 0.5) is 5.69 Å². The Labute approximate surface area is 151 Å². The van der Waals surface area contributed by atoms with Crippen molar-refractivity contribution < 1.29 is 9.90 Å². The first-order valence-electron chi connectivity index (χ1n) is 8.69. The fourth-order valence-corrected chi connectivity index (χ4v) is 2.79. The fraction of sp³-hybridized carbons (Fsp3) is 0.409. The van der Waals surface area contributed by atoms with Crippen LogP contribution in [-0.2, 0) is 17.4 Å². The Morgan fingerprint density at radius 2 is 1.64 bits per heavy atom. The second-order valence-corrected chi connectivity index (χ2v) is 8.59. The van der Waals surface area contributed by atoms with Crippen LogP contribution in [0, 0.1) is 0 Å². The van der Waals surface area contributed by atoms with Gasteiger partial charge in [-0.05, 0) is 40.2 Å². The maximum Gasteiger partial charge on any atom is 0.152 e. The molecule has 2 rings (SSSR count). The Morgan fingerprint density at radius 3 is 2.20 bits per heavy atom. The molecule has 0 aliphatic rings. The highest BCUT2D eigenvalue weighted by Crippen LogP contribution is 2.38. The van der Waals surface area contributed by atoms with Gasteiger partial charge in [0.25, 0.3) is 0 Å². The molecule has 0 amide bonds. The quantitative estimate of drug-likeness (QED) is 0.732. The molecule has 0 aliphatic carbocycles. The minimum atomic E-state index is -0.152. The van der Waals surface area contributed by atoms with E-state index >= 15 is 0 Å². The number of carbonyl (C=O) groups excluding carboxylic acids is 1. The van der Waals surface area contributed by atoms with E-state index in [1.807, 2.05) is 18.2 Å². The number of phenols is 1. The molecule has 0 bridgehead atoms. The summed E-state index contributed by atoms with van der Waals surface area (Å²) in [5, 5.41) is 14.1. The minimum Gasteiger partial charge on any atom is -0.507 e. The van der Waals surface area contributed by atoms with E-state index in [0.717, 1.165) is 23.1 Å². The summed E-state index contributed by atoms with van der Waals surface area (Å²) in [5.41, 5.74) is 4.21. The topological polar surface area (TPSA) is 49.3 Å². The van der Waals surface area contributed by atoms with Crippen LogP contribution in [0.5, 0.6) is 5.75 Å². The molecule has 0 saturated heterocycles. The first-order chi connectivity index (χ1) is 11.5. The standard InChI is InChI=1S/C22H29NO2/c1-21(2,3)17-11-16(20(25)18(12-17)22(4,5)6)13-23-19-10-8-7-9-15(19)14-24/h7-12,14,23,25H,13H2,1-6H3. The molecule has 0 heterocycles. The third kappa shape index (κ3) is 4.41. The lowest BCUT2D eigenvalue weighted by Gasteiger charge is -2.27. The number of hydrogen-bond acceptors (Lipinski definition) is 3. The van der Waals surface area contributed by atoms with E-state index in [2.05, 4.69) is 59.0 Å². The lowest BCUT2D eigenvalue weighted by Crippen LogP contribution is -2.18. The van der Waals surface area contributed by atoms with Crippen molar-refractivity contribution in [2.24, 2.45) is 0 Å². The number of benzene rings is 2. The van der Waals surface area contributed by atoms with Crippen molar-refractivity contribution in [3.05, 3.63) is 58.7 Å². The highest BCUT2D eigenvalue weighted by Gasteiger charge is 2.24. The van der Waals surface area contributed by atoms with Gasteiger partial charge in [0.05, 0.1) is 0 Å². The van der Waals surface area contributed by atoms with Crippen molar-refractivity contribution in [1.82, 2.24) is 0 Å². The second kappa shape index (κ2) is 6.91. The molecule has 0 aromatic heterocycles. The zero-order valence-corrected chi connectivity index (χ0v) is 16.1. The van der Waals surface area contributed by atoms with Crippen LogP contribution in [0.25, 0.3) is 0 Å². The van der Waals surface area contributed by atoms with E-state index in [1.54, 1.807) is 6.07 Å². The molecule has 2 N–H and O–H groups in total. The third-order valence-electron chi connectivity index (χ3n) is 4.42. The highest BCUT2D eigenvalue weighted by atomic mass is 16.3. The minimum absolute atomic E-state index is 0.0108. The number of para-hydroxylation sites is 1. The summed E-state index contributed by atoms with van der Waals surface area (Å²) < 4.78 is 0. The molecule has 0 radical (unpaired) electrons. The lowest BCUT2D eigenvalue weighted by molar-refractivity contribution is 0.112. The number of anilines is 1. The number of rotatable bonds is 4.